The zero-order chi connectivity index (χ0) is 15.8. The molecule has 0 aliphatic rings. The number of rotatable bonds is 9. The van der Waals surface area contributed by atoms with Gasteiger partial charge in [-0.2, -0.15) is 0 Å². The van der Waals surface area contributed by atoms with Crippen molar-refractivity contribution in [3.8, 4) is 5.75 Å². The van der Waals surface area contributed by atoms with E-state index in [2.05, 4.69) is 5.32 Å². The van der Waals surface area contributed by atoms with Gasteiger partial charge in [0, 0.05) is 12.0 Å². The second-order valence-electron chi connectivity index (χ2n) is 4.65. The molecule has 2 N–H and O–H groups in total. The average molecular weight is 297 g/mol. The third kappa shape index (κ3) is 5.15. The van der Waals surface area contributed by atoms with Crippen molar-refractivity contribution >= 4 is 11.8 Å². The van der Waals surface area contributed by atoms with Gasteiger partial charge in [-0.05, 0) is 37.6 Å². The Morgan fingerprint density at radius 2 is 2.14 bits per heavy atom. The number of ketones is 1. The zero-order valence-corrected chi connectivity index (χ0v) is 12.2. The van der Waals surface area contributed by atoms with E-state index in [0.717, 1.165) is 12.5 Å². The van der Waals surface area contributed by atoms with E-state index in [1.807, 2.05) is 6.92 Å². The molecule has 0 spiro atoms. The van der Waals surface area contributed by atoms with Crippen molar-refractivity contribution in [2.75, 3.05) is 13.7 Å². The van der Waals surface area contributed by atoms with Gasteiger partial charge in [0.15, 0.2) is 17.3 Å². The number of carboxylic acid groups (broad SMARTS) is 1. The van der Waals surface area contributed by atoms with Gasteiger partial charge in [0.25, 0.3) is 0 Å². The molecule has 5 nitrogen and oxygen atoms in total. The van der Waals surface area contributed by atoms with Gasteiger partial charge in [-0.15, -0.1) is 0 Å². The minimum absolute atomic E-state index is 0.0650. The van der Waals surface area contributed by atoms with Crippen LogP contribution in [0.3, 0.4) is 0 Å². The molecule has 116 valence electrons. The molecule has 21 heavy (non-hydrogen) atoms. The number of carbonyl (C=O) groups is 2. The van der Waals surface area contributed by atoms with E-state index >= 15 is 0 Å². The first-order chi connectivity index (χ1) is 9.99. The lowest BCUT2D eigenvalue weighted by Gasteiger charge is -2.17. The Labute approximate surface area is 123 Å². The number of carboxylic acids is 1. The number of Topliss-reactive ketones (excluding diaryl/α,β-unsaturated/α-hetero) is 1. The Bertz CT molecular complexity index is 504. The van der Waals surface area contributed by atoms with Crippen LogP contribution in [0, 0.1) is 5.82 Å². The highest BCUT2D eigenvalue weighted by Gasteiger charge is 2.21. The van der Waals surface area contributed by atoms with Crippen LogP contribution in [0.5, 0.6) is 5.75 Å². The molecule has 0 heterocycles. The lowest BCUT2D eigenvalue weighted by atomic mass is 9.99. The molecular formula is C15H20FNO4. The number of hydrogen-bond donors (Lipinski definition) is 2. The van der Waals surface area contributed by atoms with E-state index in [4.69, 9.17) is 9.84 Å². The molecule has 0 aromatic heterocycles. The first-order valence-electron chi connectivity index (χ1n) is 6.82. The van der Waals surface area contributed by atoms with Crippen LogP contribution in [0.15, 0.2) is 18.2 Å². The minimum atomic E-state index is -0.966. The minimum Gasteiger partial charge on any atom is -0.494 e. The summed E-state index contributed by atoms with van der Waals surface area (Å²) in [6, 6.07) is 3.35. The van der Waals surface area contributed by atoms with E-state index in [9.17, 15) is 14.0 Å². The summed E-state index contributed by atoms with van der Waals surface area (Å²) >= 11 is 0. The number of carbonyl (C=O) groups excluding carboxylic acids is 1. The number of aliphatic carboxylic acids is 1. The Balaban J connectivity index is 2.87. The van der Waals surface area contributed by atoms with Crippen LogP contribution in [-0.2, 0) is 4.79 Å². The molecule has 1 atom stereocenters. The summed E-state index contributed by atoms with van der Waals surface area (Å²) in [4.78, 5) is 23.0. The molecule has 0 aliphatic carbocycles. The van der Waals surface area contributed by atoms with Crippen molar-refractivity contribution in [2.24, 2.45) is 0 Å². The number of ether oxygens (including phenoxy) is 1. The monoisotopic (exact) mass is 297 g/mol. The number of benzene rings is 1. The van der Waals surface area contributed by atoms with Gasteiger partial charge < -0.3 is 15.2 Å². The largest absolute Gasteiger partial charge is 0.494 e. The maximum Gasteiger partial charge on any atom is 0.303 e. The molecule has 1 aromatic rings. The molecule has 0 aliphatic heterocycles. The van der Waals surface area contributed by atoms with Crippen molar-refractivity contribution in [1.82, 2.24) is 5.32 Å². The van der Waals surface area contributed by atoms with Gasteiger partial charge in [-0.3, -0.25) is 9.59 Å². The fraction of sp³-hybridized carbons (Fsp3) is 0.467. The van der Waals surface area contributed by atoms with Gasteiger partial charge in [-0.25, -0.2) is 4.39 Å². The smallest absolute Gasteiger partial charge is 0.303 e. The molecule has 0 fully saturated rings. The van der Waals surface area contributed by atoms with Crippen molar-refractivity contribution in [1.29, 1.82) is 0 Å². The van der Waals surface area contributed by atoms with Crippen molar-refractivity contribution in [3.05, 3.63) is 29.6 Å². The maximum absolute atomic E-state index is 13.6. The van der Waals surface area contributed by atoms with Crippen molar-refractivity contribution in [2.45, 2.75) is 32.2 Å². The number of hydrogen-bond acceptors (Lipinski definition) is 4. The van der Waals surface area contributed by atoms with Crippen LogP contribution in [0.4, 0.5) is 4.39 Å². The molecule has 6 heteroatoms. The molecule has 0 saturated carbocycles. The third-order valence-corrected chi connectivity index (χ3v) is 3.04. The summed E-state index contributed by atoms with van der Waals surface area (Å²) in [5.74, 6) is -1.83. The normalized spacial score (nSPS) is 12.0. The van der Waals surface area contributed by atoms with Crippen LogP contribution in [0.1, 0.15) is 36.5 Å². The first-order valence-corrected chi connectivity index (χ1v) is 6.82. The second kappa shape index (κ2) is 8.36. The molecule has 1 aromatic carbocycles. The standard InChI is InChI=1S/C15H20FNO4/c1-3-8-17-12(5-7-14(18)19)15(20)10-4-6-13(21-2)11(16)9-10/h4,6,9,12,17H,3,5,7-8H2,1-2H3,(H,18,19). The first kappa shape index (κ1) is 17.1. The van der Waals surface area contributed by atoms with Crippen LogP contribution in [0.2, 0.25) is 0 Å². The van der Waals surface area contributed by atoms with Gasteiger partial charge in [-0.1, -0.05) is 6.92 Å². The van der Waals surface area contributed by atoms with E-state index in [-0.39, 0.29) is 29.9 Å². The fourth-order valence-electron chi connectivity index (χ4n) is 1.93. The quantitative estimate of drug-likeness (QED) is 0.684. The number of halogens is 1. The lowest BCUT2D eigenvalue weighted by Crippen LogP contribution is -2.37. The molecule has 0 amide bonds. The molecule has 0 bridgehead atoms. The van der Waals surface area contributed by atoms with Crippen LogP contribution in [-0.4, -0.2) is 36.6 Å². The molecule has 0 saturated heterocycles. The highest BCUT2D eigenvalue weighted by Crippen LogP contribution is 2.19. The summed E-state index contributed by atoms with van der Waals surface area (Å²) in [5, 5.41) is 11.7. The SMILES string of the molecule is CCCNC(CCC(=O)O)C(=O)c1ccc(OC)c(F)c1. The van der Waals surface area contributed by atoms with E-state index in [0.29, 0.717) is 6.54 Å². The predicted octanol–water partition coefficient (Wildman–Crippen LogP) is 2.25. The average Bonchev–Trinajstić information content (AvgIpc) is 2.46. The van der Waals surface area contributed by atoms with E-state index in [1.54, 1.807) is 0 Å². The summed E-state index contributed by atoms with van der Waals surface area (Å²) in [6.07, 6.45) is 0.862. The molecule has 1 unspecified atom stereocenters. The van der Waals surface area contributed by atoms with Crippen molar-refractivity contribution < 1.29 is 23.8 Å². The molecule has 1 rings (SSSR count). The summed E-state index contributed by atoms with van der Waals surface area (Å²) < 4.78 is 18.5. The third-order valence-electron chi connectivity index (χ3n) is 3.04. The van der Waals surface area contributed by atoms with E-state index in [1.165, 1.54) is 19.2 Å². The Hall–Kier alpha value is -1.95. The topological polar surface area (TPSA) is 75.6 Å². The van der Waals surface area contributed by atoms with Crippen LogP contribution >= 0.6 is 0 Å². The van der Waals surface area contributed by atoms with Gasteiger partial charge in [0.05, 0.1) is 13.2 Å². The van der Waals surface area contributed by atoms with Gasteiger partial charge in [0.1, 0.15) is 0 Å². The van der Waals surface area contributed by atoms with Gasteiger partial charge in [0.2, 0.25) is 0 Å². The van der Waals surface area contributed by atoms with Crippen LogP contribution in [0.25, 0.3) is 0 Å². The lowest BCUT2D eigenvalue weighted by molar-refractivity contribution is -0.137. The second-order valence-corrected chi connectivity index (χ2v) is 4.65. The maximum atomic E-state index is 13.6. The summed E-state index contributed by atoms with van der Waals surface area (Å²) in [6.45, 7) is 2.54. The Morgan fingerprint density at radius 1 is 1.43 bits per heavy atom. The van der Waals surface area contributed by atoms with Gasteiger partial charge >= 0.3 is 5.97 Å². The molecular weight excluding hydrogens is 277 g/mol. The highest BCUT2D eigenvalue weighted by molar-refractivity contribution is 6.00. The Kier molecular flexibility index (Phi) is 6.81. The van der Waals surface area contributed by atoms with Crippen molar-refractivity contribution in [3.63, 3.8) is 0 Å². The Morgan fingerprint density at radius 3 is 2.67 bits per heavy atom. The number of methoxy groups -OCH3 is 1. The summed E-state index contributed by atoms with van der Waals surface area (Å²) in [7, 11) is 1.35. The molecule has 0 radical (unpaired) electrons. The number of nitrogens with one attached hydrogen (secondary N) is 1. The fourth-order valence-corrected chi connectivity index (χ4v) is 1.93. The van der Waals surface area contributed by atoms with Crippen LogP contribution < -0.4 is 10.1 Å². The zero-order valence-electron chi connectivity index (χ0n) is 12.2. The summed E-state index contributed by atoms with van der Waals surface area (Å²) in [5.41, 5.74) is 0.201. The predicted molar refractivity (Wildman–Crippen MR) is 76.2 cm³/mol. The highest BCUT2D eigenvalue weighted by atomic mass is 19.1. The van der Waals surface area contributed by atoms with E-state index < -0.39 is 17.8 Å².